The first kappa shape index (κ1) is 12.5. The second-order valence-corrected chi connectivity index (χ2v) is 5.80. The summed E-state index contributed by atoms with van der Waals surface area (Å²) in [5.74, 6) is 0. The molecule has 0 amide bonds. The maximum Gasteiger partial charge on any atom is 0.0972 e. The van der Waals surface area contributed by atoms with E-state index in [1.54, 1.807) is 6.20 Å². The van der Waals surface area contributed by atoms with Gasteiger partial charge in [0.25, 0.3) is 0 Å². The lowest BCUT2D eigenvalue weighted by molar-refractivity contribution is 1.28. The van der Waals surface area contributed by atoms with Gasteiger partial charge in [0.05, 0.1) is 16.9 Å². The van der Waals surface area contributed by atoms with E-state index in [0.717, 1.165) is 26.8 Å². The molecule has 2 aromatic heterocycles. The first-order valence-corrected chi connectivity index (χ1v) is 7.52. The summed E-state index contributed by atoms with van der Waals surface area (Å²) in [6, 6.07) is 20.6. The summed E-state index contributed by atoms with van der Waals surface area (Å²) < 4.78 is 0.969. The number of para-hydroxylation sites is 1. The first-order chi connectivity index (χ1) is 10.3. The molecule has 0 fully saturated rings. The van der Waals surface area contributed by atoms with Gasteiger partial charge in [-0.25, -0.2) is 4.98 Å². The lowest BCUT2D eigenvalue weighted by atomic mass is 10.0. The van der Waals surface area contributed by atoms with Gasteiger partial charge in [0.1, 0.15) is 0 Å². The quantitative estimate of drug-likeness (QED) is 0.446. The zero-order valence-corrected chi connectivity index (χ0v) is 12.7. The highest BCUT2D eigenvalue weighted by atomic mass is 79.9. The molecular formula is C18H11BrN2. The maximum atomic E-state index is 4.83. The van der Waals surface area contributed by atoms with E-state index >= 15 is 0 Å². The Morgan fingerprint density at radius 3 is 2.19 bits per heavy atom. The minimum Gasteiger partial charge on any atom is -0.253 e. The third-order valence-electron chi connectivity index (χ3n) is 3.58. The molecule has 0 saturated heterocycles. The number of rotatable bonds is 1. The number of hydrogen-bond donors (Lipinski definition) is 0. The summed E-state index contributed by atoms with van der Waals surface area (Å²) in [6.45, 7) is 0. The Hall–Kier alpha value is -2.26. The fraction of sp³-hybridized carbons (Fsp3) is 0. The second kappa shape index (κ2) is 4.93. The highest BCUT2D eigenvalue weighted by molar-refractivity contribution is 9.10. The highest BCUT2D eigenvalue weighted by Gasteiger charge is 2.10. The Morgan fingerprint density at radius 2 is 1.43 bits per heavy atom. The van der Waals surface area contributed by atoms with Crippen LogP contribution in [0, 0.1) is 0 Å². The Morgan fingerprint density at radius 1 is 0.714 bits per heavy atom. The van der Waals surface area contributed by atoms with Gasteiger partial charge in [-0.05, 0) is 39.5 Å². The zero-order valence-electron chi connectivity index (χ0n) is 11.1. The third kappa shape index (κ3) is 2.10. The minimum atomic E-state index is 0.889. The fourth-order valence-electron chi connectivity index (χ4n) is 2.62. The summed E-state index contributed by atoms with van der Waals surface area (Å²) >= 11 is 3.42. The van der Waals surface area contributed by atoms with Crippen molar-refractivity contribution in [1.29, 1.82) is 0 Å². The van der Waals surface area contributed by atoms with Crippen LogP contribution >= 0.6 is 15.9 Å². The predicted octanol–water partition coefficient (Wildman–Crippen LogP) is 5.21. The molecule has 2 aromatic carbocycles. The van der Waals surface area contributed by atoms with Crippen molar-refractivity contribution < 1.29 is 0 Å². The highest BCUT2D eigenvalue weighted by Crippen LogP contribution is 2.31. The van der Waals surface area contributed by atoms with Crippen molar-refractivity contribution >= 4 is 37.6 Å². The molecule has 3 heteroatoms. The summed E-state index contributed by atoms with van der Waals surface area (Å²) in [6.07, 6.45) is 1.81. The number of halogens is 1. The van der Waals surface area contributed by atoms with Crippen LogP contribution in [0.1, 0.15) is 0 Å². The van der Waals surface area contributed by atoms with Crippen molar-refractivity contribution in [2.75, 3.05) is 0 Å². The van der Waals surface area contributed by atoms with Crippen LogP contribution in [0.3, 0.4) is 0 Å². The van der Waals surface area contributed by atoms with Crippen LogP contribution in [0.5, 0.6) is 0 Å². The van der Waals surface area contributed by atoms with E-state index < -0.39 is 0 Å². The van der Waals surface area contributed by atoms with Gasteiger partial charge in [-0.3, -0.25) is 4.98 Å². The van der Waals surface area contributed by atoms with E-state index in [1.165, 1.54) is 10.8 Å². The molecule has 0 atom stereocenters. The summed E-state index contributed by atoms with van der Waals surface area (Å²) in [5, 5.41) is 3.52. The zero-order chi connectivity index (χ0) is 14.2. The Kier molecular flexibility index (Phi) is 2.93. The van der Waals surface area contributed by atoms with E-state index in [4.69, 9.17) is 4.98 Å². The Labute approximate surface area is 130 Å². The number of pyridine rings is 2. The van der Waals surface area contributed by atoms with Gasteiger partial charge in [0, 0.05) is 21.4 Å². The number of nitrogens with zero attached hydrogens (tertiary/aromatic N) is 2. The van der Waals surface area contributed by atoms with Crippen LogP contribution in [-0.2, 0) is 0 Å². The molecule has 0 unspecified atom stereocenters. The van der Waals surface area contributed by atoms with Gasteiger partial charge < -0.3 is 0 Å². The van der Waals surface area contributed by atoms with Crippen molar-refractivity contribution in [3.05, 3.63) is 71.3 Å². The van der Waals surface area contributed by atoms with Crippen molar-refractivity contribution in [2.24, 2.45) is 0 Å². The van der Waals surface area contributed by atoms with Crippen molar-refractivity contribution in [3.63, 3.8) is 0 Å². The first-order valence-electron chi connectivity index (χ1n) is 6.72. The Balaban J connectivity index is 2.13. The summed E-state index contributed by atoms with van der Waals surface area (Å²) in [5.41, 5.74) is 2.81. The summed E-state index contributed by atoms with van der Waals surface area (Å²) in [7, 11) is 0. The number of hydrogen-bond acceptors (Lipinski definition) is 2. The molecule has 21 heavy (non-hydrogen) atoms. The number of benzene rings is 2. The Bertz CT molecular complexity index is 946. The molecule has 0 saturated carbocycles. The molecule has 0 aliphatic heterocycles. The minimum absolute atomic E-state index is 0.889. The molecule has 100 valence electrons. The molecule has 0 N–H and O–H groups in total. The third-order valence-corrected chi connectivity index (χ3v) is 4.05. The fourth-order valence-corrected chi connectivity index (χ4v) is 2.85. The van der Waals surface area contributed by atoms with Gasteiger partial charge in [0.15, 0.2) is 0 Å². The van der Waals surface area contributed by atoms with E-state index in [0.29, 0.717) is 0 Å². The van der Waals surface area contributed by atoms with Gasteiger partial charge in [-0.1, -0.05) is 42.5 Å². The predicted molar refractivity (Wildman–Crippen MR) is 90.2 cm³/mol. The maximum absolute atomic E-state index is 4.83. The molecule has 4 aromatic rings. The molecule has 4 rings (SSSR count). The average Bonchev–Trinajstić information content (AvgIpc) is 2.55. The smallest absolute Gasteiger partial charge is 0.0972 e. The van der Waals surface area contributed by atoms with Crippen LogP contribution in [0.4, 0.5) is 0 Å². The van der Waals surface area contributed by atoms with E-state index in [2.05, 4.69) is 45.2 Å². The van der Waals surface area contributed by atoms with Crippen LogP contribution in [0.25, 0.3) is 33.1 Å². The number of fused-ring (bicyclic) bond motifs is 3. The van der Waals surface area contributed by atoms with Gasteiger partial charge in [0.2, 0.25) is 0 Å². The van der Waals surface area contributed by atoms with Crippen LogP contribution in [0.2, 0.25) is 0 Å². The van der Waals surface area contributed by atoms with Crippen LogP contribution in [0.15, 0.2) is 71.3 Å². The standard InChI is InChI=1S/C18H11BrN2/c19-12-9-10-17(20-11-12)18-15-7-2-1-5-13(15)14-6-3-4-8-16(14)21-18/h1-11H. The molecule has 2 heterocycles. The SMILES string of the molecule is Brc1ccc(-c2nc3ccccc3c3ccccc23)nc1. The molecule has 0 bridgehead atoms. The lowest BCUT2D eigenvalue weighted by Crippen LogP contribution is -1.91. The molecular weight excluding hydrogens is 324 g/mol. The van der Waals surface area contributed by atoms with Crippen molar-refractivity contribution in [1.82, 2.24) is 9.97 Å². The molecule has 0 spiro atoms. The molecule has 0 aliphatic rings. The van der Waals surface area contributed by atoms with Crippen molar-refractivity contribution in [2.45, 2.75) is 0 Å². The molecule has 0 aliphatic carbocycles. The lowest BCUT2D eigenvalue weighted by Gasteiger charge is -2.09. The molecule has 0 radical (unpaired) electrons. The van der Waals surface area contributed by atoms with Crippen LogP contribution < -0.4 is 0 Å². The normalized spacial score (nSPS) is 11.1. The second-order valence-electron chi connectivity index (χ2n) is 4.88. The monoisotopic (exact) mass is 334 g/mol. The van der Waals surface area contributed by atoms with Crippen LogP contribution in [-0.4, -0.2) is 9.97 Å². The largest absolute Gasteiger partial charge is 0.253 e. The van der Waals surface area contributed by atoms with Crippen molar-refractivity contribution in [3.8, 4) is 11.4 Å². The van der Waals surface area contributed by atoms with Gasteiger partial charge in [-0.15, -0.1) is 0 Å². The topological polar surface area (TPSA) is 25.8 Å². The van der Waals surface area contributed by atoms with E-state index in [-0.39, 0.29) is 0 Å². The average molecular weight is 335 g/mol. The van der Waals surface area contributed by atoms with E-state index in [1.807, 2.05) is 36.4 Å². The van der Waals surface area contributed by atoms with E-state index in [9.17, 15) is 0 Å². The molecule has 2 nitrogen and oxygen atoms in total. The van der Waals surface area contributed by atoms with Gasteiger partial charge in [-0.2, -0.15) is 0 Å². The summed E-state index contributed by atoms with van der Waals surface area (Å²) in [4.78, 5) is 9.32. The number of aromatic nitrogens is 2. The van der Waals surface area contributed by atoms with Gasteiger partial charge >= 0.3 is 0 Å².